The first-order valence-corrected chi connectivity index (χ1v) is 7.10. The molecular weight excluding hydrogens is 262 g/mol. The van der Waals surface area contributed by atoms with Gasteiger partial charge in [-0.15, -0.1) is 0 Å². The lowest BCUT2D eigenvalue weighted by molar-refractivity contribution is -0.119. The summed E-state index contributed by atoms with van der Waals surface area (Å²) in [7, 11) is 0. The number of rotatable bonds is 7. The summed E-state index contributed by atoms with van der Waals surface area (Å²) >= 11 is 0. The van der Waals surface area contributed by atoms with Crippen LogP contribution in [0.4, 0.5) is 5.69 Å². The van der Waals surface area contributed by atoms with Gasteiger partial charge in [0.25, 0.3) is 0 Å². The summed E-state index contributed by atoms with van der Waals surface area (Å²) < 4.78 is 0. The topological polar surface area (TPSA) is 58.4 Å². The average Bonchev–Trinajstić information content (AvgIpc) is 2.54. The van der Waals surface area contributed by atoms with Crippen molar-refractivity contribution < 1.29 is 4.79 Å². The molecule has 0 saturated carbocycles. The quantitative estimate of drug-likeness (QED) is 0.814. The smallest absolute Gasteiger partial charge is 0.239 e. The normalized spacial score (nSPS) is 10.1. The molecule has 21 heavy (non-hydrogen) atoms. The van der Waals surface area contributed by atoms with Gasteiger partial charge in [0.05, 0.1) is 6.54 Å². The van der Waals surface area contributed by atoms with Crippen LogP contribution in [0, 0.1) is 0 Å². The number of hydrogen-bond donors (Lipinski definition) is 2. The number of nitrogens with one attached hydrogen (secondary N) is 1. The molecule has 0 radical (unpaired) electrons. The van der Waals surface area contributed by atoms with E-state index in [1.54, 1.807) is 0 Å². The van der Waals surface area contributed by atoms with Gasteiger partial charge in [-0.1, -0.05) is 48.5 Å². The fraction of sp³-hybridized carbons (Fsp3) is 0.235. The zero-order valence-corrected chi connectivity index (χ0v) is 12.0. The maximum atomic E-state index is 12.0. The lowest BCUT2D eigenvalue weighted by atomic mass is 10.2. The Bertz CT molecular complexity index is 542. The molecular formula is C17H21N3O. The molecule has 2 aromatic rings. The second-order valence-electron chi connectivity index (χ2n) is 4.82. The summed E-state index contributed by atoms with van der Waals surface area (Å²) in [5.74, 6) is -0.0137. The maximum Gasteiger partial charge on any atom is 0.239 e. The highest BCUT2D eigenvalue weighted by molar-refractivity contribution is 5.81. The Morgan fingerprint density at radius 2 is 1.62 bits per heavy atom. The molecule has 0 heterocycles. The molecule has 0 aliphatic heterocycles. The number of anilines is 1. The number of benzene rings is 2. The van der Waals surface area contributed by atoms with Gasteiger partial charge in [0.2, 0.25) is 5.91 Å². The van der Waals surface area contributed by atoms with Crippen LogP contribution >= 0.6 is 0 Å². The van der Waals surface area contributed by atoms with Crippen molar-refractivity contribution >= 4 is 11.6 Å². The van der Waals surface area contributed by atoms with Crippen molar-refractivity contribution in [1.29, 1.82) is 0 Å². The molecule has 0 aliphatic carbocycles. The molecule has 0 atom stereocenters. The molecule has 0 fully saturated rings. The van der Waals surface area contributed by atoms with Gasteiger partial charge in [-0.25, -0.2) is 0 Å². The average molecular weight is 283 g/mol. The number of para-hydroxylation sites is 1. The molecule has 4 heteroatoms. The zero-order chi connectivity index (χ0) is 14.9. The van der Waals surface area contributed by atoms with Crippen LogP contribution in [0.25, 0.3) is 0 Å². The first-order valence-electron chi connectivity index (χ1n) is 7.10. The van der Waals surface area contributed by atoms with Crippen molar-refractivity contribution in [2.45, 2.75) is 6.54 Å². The van der Waals surface area contributed by atoms with Gasteiger partial charge in [-0.2, -0.15) is 0 Å². The van der Waals surface area contributed by atoms with Crippen LogP contribution in [-0.4, -0.2) is 25.5 Å². The van der Waals surface area contributed by atoms with E-state index in [1.165, 1.54) is 5.56 Å². The molecule has 0 unspecified atom stereocenters. The molecule has 0 bridgehead atoms. The van der Waals surface area contributed by atoms with Gasteiger partial charge in [0.1, 0.15) is 0 Å². The minimum absolute atomic E-state index is 0.0137. The predicted molar refractivity (Wildman–Crippen MR) is 86.0 cm³/mol. The van der Waals surface area contributed by atoms with E-state index >= 15 is 0 Å². The van der Waals surface area contributed by atoms with Crippen molar-refractivity contribution in [3.05, 3.63) is 66.2 Å². The van der Waals surface area contributed by atoms with Crippen LogP contribution in [0.5, 0.6) is 0 Å². The molecule has 0 spiro atoms. The second-order valence-corrected chi connectivity index (χ2v) is 4.82. The number of nitrogens with zero attached hydrogens (tertiary/aromatic N) is 1. The summed E-state index contributed by atoms with van der Waals surface area (Å²) in [4.78, 5) is 14.0. The summed E-state index contributed by atoms with van der Waals surface area (Å²) in [6.45, 7) is 1.97. The molecule has 4 nitrogen and oxygen atoms in total. The fourth-order valence-corrected chi connectivity index (χ4v) is 2.12. The summed E-state index contributed by atoms with van der Waals surface area (Å²) in [6.07, 6.45) is 0. The van der Waals surface area contributed by atoms with Crippen molar-refractivity contribution in [3.8, 4) is 0 Å². The van der Waals surface area contributed by atoms with Crippen molar-refractivity contribution in [2.24, 2.45) is 5.73 Å². The minimum atomic E-state index is -0.0137. The van der Waals surface area contributed by atoms with Crippen LogP contribution in [0.15, 0.2) is 60.7 Å². The number of nitrogens with two attached hydrogens (primary N) is 1. The van der Waals surface area contributed by atoms with Crippen molar-refractivity contribution in [2.75, 3.05) is 24.5 Å². The Kier molecular flexibility index (Phi) is 5.79. The molecule has 2 rings (SSSR count). The zero-order valence-electron chi connectivity index (χ0n) is 12.0. The van der Waals surface area contributed by atoms with E-state index in [1.807, 2.05) is 48.5 Å². The third-order valence-corrected chi connectivity index (χ3v) is 3.14. The maximum absolute atomic E-state index is 12.0. The molecule has 2 aromatic carbocycles. The minimum Gasteiger partial charge on any atom is -0.358 e. The SMILES string of the molecule is NCCNC(=O)CN(Cc1ccccc1)c1ccccc1. The lowest BCUT2D eigenvalue weighted by Gasteiger charge is -2.24. The molecule has 3 N–H and O–H groups in total. The Balaban J connectivity index is 2.09. The first-order chi connectivity index (χ1) is 10.3. The first kappa shape index (κ1) is 15.1. The number of carbonyl (C=O) groups excluding carboxylic acids is 1. The van der Waals surface area contributed by atoms with Gasteiger partial charge in [-0.05, 0) is 17.7 Å². The molecule has 0 aliphatic rings. The van der Waals surface area contributed by atoms with Crippen molar-refractivity contribution in [1.82, 2.24) is 5.32 Å². The van der Waals surface area contributed by atoms with Crippen LogP contribution in [0.3, 0.4) is 0 Å². The number of amides is 1. The van der Waals surface area contributed by atoms with E-state index in [2.05, 4.69) is 22.3 Å². The van der Waals surface area contributed by atoms with Gasteiger partial charge < -0.3 is 16.0 Å². The van der Waals surface area contributed by atoms with Crippen LogP contribution < -0.4 is 16.0 Å². The highest BCUT2D eigenvalue weighted by Crippen LogP contribution is 2.16. The van der Waals surface area contributed by atoms with E-state index in [0.29, 0.717) is 26.2 Å². The van der Waals surface area contributed by atoms with Gasteiger partial charge >= 0.3 is 0 Å². The third kappa shape index (κ3) is 4.93. The van der Waals surface area contributed by atoms with E-state index in [9.17, 15) is 4.79 Å². The van der Waals surface area contributed by atoms with Crippen LogP contribution in [0.2, 0.25) is 0 Å². The van der Waals surface area contributed by atoms with Gasteiger partial charge in [-0.3, -0.25) is 4.79 Å². The Morgan fingerprint density at radius 3 is 2.24 bits per heavy atom. The monoisotopic (exact) mass is 283 g/mol. The molecule has 1 amide bonds. The lowest BCUT2D eigenvalue weighted by Crippen LogP contribution is -2.38. The molecule has 0 aromatic heterocycles. The highest BCUT2D eigenvalue weighted by Gasteiger charge is 2.11. The molecule has 110 valence electrons. The number of hydrogen-bond acceptors (Lipinski definition) is 3. The second kappa shape index (κ2) is 8.07. The summed E-state index contributed by atoms with van der Waals surface area (Å²) in [5, 5.41) is 2.81. The fourth-order valence-electron chi connectivity index (χ4n) is 2.12. The van der Waals surface area contributed by atoms with Gasteiger partial charge in [0.15, 0.2) is 0 Å². The number of carbonyl (C=O) groups is 1. The predicted octanol–water partition coefficient (Wildman–Crippen LogP) is 1.77. The largest absolute Gasteiger partial charge is 0.358 e. The highest BCUT2D eigenvalue weighted by atomic mass is 16.2. The Labute approximate surface area is 125 Å². The Hall–Kier alpha value is -2.33. The Morgan fingerprint density at radius 1 is 1.00 bits per heavy atom. The van der Waals surface area contributed by atoms with Gasteiger partial charge in [0, 0.05) is 25.3 Å². The van der Waals surface area contributed by atoms with E-state index in [0.717, 1.165) is 5.69 Å². The standard InChI is InChI=1S/C17H21N3O/c18-11-12-19-17(21)14-20(16-9-5-2-6-10-16)13-15-7-3-1-4-8-15/h1-10H,11-14,18H2,(H,19,21). The third-order valence-electron chi connectivity index (χ3n) is 3.14. The van der Waals surface area contributed by atoms with Crippen LogP contribution in [-0.2, 0) is 11.3 Å². The van der Waals surface area contributed by atoms with E-state index in [-0.39, 0.29) is 5.91 Å². The summed E-state index contributed by atoms with van der Waals surface area (Å²) in [6, 6.07) is 20.1. The van der Waals surface area contributed by atoms with Crippen LogP contribution in [0.1, 0.15) is 5.56 Å². The molecule has 0 saturated heterocycles. The van der Waals surface area contributed by atoms with Crippen molar-refractivity contribution in [3.63, 3.8) is 0 Å². The van der Waals surface area contributed by atoms with E-state index in [4.69, 9.17) is 5.73 Å². The van der Waals surface area contributed by atoms with E-state index < -0.39 is 0 Å². The summed E-state index contributed by atoms with van der Waals surface area (Å²) in [5.41, 5.74) is 7.62.